The van der Waals surface area contributed by atoms with Crippen LogP contribution in [0, 0.1) is 19.3 Å². The molecule has 2 atom stereocenters. The molecule has 0 unspecified atom stereocenters. The molecule has 0 saturated heterocycles. The van der Waals surface area contributed by atoms with Crippen LogP contribution in [-0.2, 0) is 52.0 Å². The van der Waals surface area contributed by atoms with E-state index in [2.05, 4.69) is 26.0 Å². The lowest BCUT2D eigenvalue weighted by atomic mass is 10.0. The number of anilines is 1. The number of amidine groups is 1. The number of halogens is 6. The second kappa shape index (κ2) is 24.4. The van der Waals surface area contributed by atoms with Gasteiger partial charge < -0.3 is 41.7 Å². The second-order valence-electron chi connectivity index (χ2n) is 16.2. The number of carbonyl (C=O) groups excluding carboxylic acids is 2. The van der Waals surface area contributed by atoms with Crippen molar-refractivity contribution in [2.24, 2.45) is 21.8 Å². The molecule has 2 amide bonds. The van der Waals surface area contributed by atoms with Gasteiger partial charge in [-0.2, -0.15) is 36.2 Å². The Morgan fingerprint density at radius 2 is 1.51 bits per heavy atom. The molecule has 3 heterocycles. The smallest absolute Gasteiger partial charge is 0.480 e. The average Bonchev–Trinajstić information content (AvgIpc) is 4.12. The quantitative estimate of drug-likeness (QED) is 0.0364. The summed E-state index contributed by atoms with van der Waals surface area (Å²) in [6.07, 6.45) is -10.2. The van der Waals surface area contributed by atoms with Gasteiger partial charge in [-0.05, 0) is 60.9 Å². The summed E-state index contributed by atoms with van der Waals surface area (Å²) in [5.41, 5.74) is 13.6. The van der Waals surface area contributed by atoms with Gasteiger partial charge in [-0.3, -0.25) is 19.8 Å². The first kappa shape index (κ1) is 59.4. The predicted molar refractivity (Wildman–Crippen MR) is 260 cm³/mol. The van der Waals surface area contributed by atoms with Crippen molar-refractivity contribution in [3.63, 3.8) is 0 Å². The van der Waals surface area contributed by atoms with Crippen LogP contribution in [0.25, 0.3) is 16.8 Å². The van der Waals surface area contributed by atoms with Crippen LogP contribution in [0.1, 0.15) is 57.2 Å². The van der Waals surface area contributed by atoms with Gasteiger partial charge in [0, 0.05) is 42.4 Å². The van der Waals surface area contributed by atoms with Crippen molar-refractivity contribution in [3.8, 4) is 16.8 Å². The zero-order valence-electron chi connectivity index (χ0n) is 39.9. The number of nitrogens with zero attached hydrogens (tertiary/aromatic N) is 4. The summed E-state index contributed by atoms with van der Waals surface area (Å²) in [4.78, 5) is 50.7. The van der Waals surface area contributed by atoms with Gasteiger partial charge in [0.15, 0.2) is 11.5 Å². The third-order valence-corrected chi connectivity index (χ3v) is 13.2. The summed E-state index contributed by atoms with van der Waals surface area (Å²) in [7, 11) is -8.21. The maximum Gasteiger partial charge on any atom is 0.490 e. The third kappa shape index (κ3) is 16.0. The van der Waals surface area contributed by atoms with E-state index in [9.17, 15) is 62.7 Å². The Morgan fingerprint density at radius 1 is 0.883 bits per heavy atom. The highest BCUT2D eigenvalue weighted by Crippen LogP contribution is 2.31. The number of sulfonamides is 2. The molecular formula is C46H45F6N11O12S2. The fraction of sp³-hybridized carbons (Fsp3) is 0.217. The van der Waals surface area contributed by atoms with Gasteiger partial charge in [0.1, 0.15) is 34.3 Å². The summed E-state index contributed by atoms with van der Waals surface area (Å²) >= 11 is 0. The highest BCUT2D eigenvalue weighted by Gasteiger charge is 2.39. The van der Waals surface area contributed by atoms with Gasteiger partial charge in [-0.15, -0.1) is 0 Å². The van der Waals surface area contributed by atoms with Gasteiger partial charge in [-0.25, -0.2) is 31.5 Å². The maximum atomic E-state index is 13.4. The zero-order chi connectivity index (χ0) is 57.2. The third-order valence-electron chi connectivity index (χ3n) is 10.5. The second-order valence-corrected chi connectivity index (χ2v) is 19.4. The standard InChI is InChI=1S/C24H20F3N5O3S.C20H24N6O7S.C2HF3O2/c25-24(26,27)22-13-20(32(31-22)18-5-3-4-15(12-18)14-28)23(33)30-17-10-8-16(9-11-17)19-6-1-2-7-21(19)36(29,34)35;1-10-18(11(2)32-24-10)34(30,31)26-16(20(28)29)9-23-17(27)8-14-7-15(25-33-14)12-3-5-13(6-4-12)19(21)22;3-2(4,5)1(6)7/h1-13H,14,28H2,(H,30,33)(H2,29,34,35);3-6,14,16,26H,7-9H2,1-2H3,(H3,21,22)(H,23,27)(H,28,29);(H,6,7)/t;14-,16+;/m.1./s1. The minimum atomic E-state index is -5.08. The number of rotatable bonds is 16. The van der Waals surface area contributed by atoms with Crippen molar-refractivity contribution in [1.29, 1.82) is 5.41 Å². The minimum Gasteiger partial charge on any atom is -0.480 e. The average molecular weight is 1120 g/mol. The van der Waals surface area contributed by atoms with Crippen LogP contribution in [0.15, 0.2) is 123 Å². The summed E-state index contributed by atoms with van der Waals surface area (Å²) < 4.78 is 129. The van der Waals surface area contributed by atoms with E-state index in [1.54, 1.807) is 72.8 Å². The normalized spacial score (nSPS) is 13.8. The zero-order valence-corrected chi connectivity index (χ0v) is 41.5. The Bertz CT molecular complexity index is 3400. The number of aromatic nitrogens is 3. The van der Waals surface area contributed by atoms with Gasteiger partial charge in [-0.1, -0.05) is 77.0 Å². The van der Waals surface area contributed by atoms with Gasteiger partial charge in [0.05, 0.1) is 22.7 Å². The number of hydrogen-bond acceptors (Lipinski definition) is 15. The summed E-state index contributed by atoms with van der Waals surface area (Å²) in [6.45, 7) is 2.48. The lowest BCUT2D eigenvalue weighted by Crippen LogP contribution is -2.48. The molecule has 6 aromatic rings. The van der Waals surface area contributed by atoms with Crippen molar-refractivity contribution >= 4 is 61.0 Å². The number of carboxylic acids is 2. The fourth-order valence-corrected chi connectivity index (χ4v) is 9.18. The van der Waals surface area contributed by atoms with Crippen molar-refractivity contribution in [3.05, 3.63) is 143 Å². The van der Waals surface area contributed by atoms with Crippen molar-refractivity contribution in [2.75, 3.05) is 11.9 Å². The molecule has 0 bridgehead atoms. The molecular weight excluding hydrogens is 1080 g/mol. The molecule has 2 aromatic heterocycles. The first-order valence-electron chi connectivity index (χ1n) is 21.8. The van der Waals surface area contributed by atoms with Gasteiger partial charge in [0.25, 0.3) is 5.91 Å². The largest absolute Gasteiger partial charge is 0.490 e. The molecule has 0 fully saturated rings. The molecule has 1 aliphatic heterocycles. The minimum absolute atomic E-state index is 0.0169. The number of hydrogen-bond donors (Lipinski definition) is 9. The summed E-state index contributed by atoms with van der Waals surface area (Å²) in [5, 5.41) is 45.3. The molecule has 0 radical (unpaired) electrons. The Morgan fingerprint density at radius 3 is 2.05 bits per heavy atom. The summed E-state index contributed by atoms with van der Waals surface area (Å²) in [6, 6.07) is 24.5. The molecule has 0 aliphatic carbocycles. The number of amides is 2. The van der Waals surface area contributed by atoms with E-state index in [4.69, 9.17) is 41.3 Å². The number of primary sulfonamides is 1. The Labute approximate surface area is 432 Å². The monoisotopic (exact) mass is 1120 g/mol. The van der Waals surface area contributed by atoms with E-state index in [0.29, 0.717) is 40.5 Å². The molecule has 4 aromatic carbocycles. The molecule has 12 N–H and O–H groups in total. The number of aryl methyl sites for hydroxylation is 2. The number of carboxylic acid groups (broad SMARTS) is 2. The Hall–Kier alpha value is -8.52. The number of oxime groups is 1. The lowest BCUT2D eigenvalue weighted by molar-refractivity contribution is -0.192. The maximum absolute atomic E-state index is 13.4. The van der Waals surface area contributed by atoms with E-state index in [1.807, 2.05) is 4.72 Å². The van der Waals surface area contributed by atoms with Crippen molar-refractivity contribution in [1.82, 2.24) is 25.0 Å². The highest BCUT2D eigenvalue weighted by molar-refractivity contribution is 7.89. The fourth-order valence-electron chi connectivity index (χ4n) is 6.90. The molecule has 1 aliphatic rings. The SMILES string of the molecule is Cc1noc(C)c1S(=O)(=O)N[C@@H](CNC(=O)C[C@H]1CC(c2ccc(C(=N)N)cc2)=NO1)C(=O)O.NCc1cccc(-n2nc(C(F)(F)F)cc2C(=O)Nc2ccc(-c3ccccc3S(N)(=O)=O)cc2)c1.O=C(O)C(F)(F)F. The molecule has 23 nitrogen and oxygen atoms in total. The first-order chi connectivity index (χ1) is 35.9. The van der Waals surface area contributed by atoms with Crippen LogP contribution in [0.2, 0.25) is 0 Å². The van der Waals surface area contributed by atoms with Crippen LogP contribution in [0.3, 0.4) is 0 Å². The molecule has 410 valence electrons. The molecule has 0 spiro atoms. The number of carbonyl (C=O) groups is 4. The molecule has 7 rings (SSSR count). The molecule has 77 heavy (non-hydrogen) atoms. The van der Waals surface area contributed by atoms with Crippen LogP contribution < -0.4 is 32.0 Å². The topological polar surface area (TPSA) is 380 Å². The van der Waals surface area contributed by atoms with Crippen LogP contribution in [0.4, 0.5) is 32.0 Å². The van der Waals surface area contributed by atoms with Crippen LogP contribution in [-0.4, -0.2) is 102 Å². The number of aliphatic carboxylic acids is 2. The van der Waals surface area contributed by atoms with Gasteiger partial charge in [0.2, 0.25) is 26.0 Å². The van der Waals surface area contributed by atoms with Crippen molar-refractivity contribution in [2.45, 2.75) is 67.5 Å². The molecule has 0 saturated carbocycles. The van der Waals surface area contributed by atoms with E-state index in [-0.39, 0.29) is 57.1 Å². The number of alkyl halides is 6. The Kier molecular flexibility index (Phi) is 18.8. The number of nitrogens with one attached hydrogen (secondary N) is 4. The summed E-state index contributed by atoms with van der Waals surface area (Å²) in [5.74, 6) is -5.62. The van der Waals surface area contributed by atoms with E-state index in [0.717, 1.165) is 10.2 Å². The van der Waals surface area contributed by atoms with E-state index < -0.39 is 80.5 Å². The lowest BCUT2D eigenvalue weighted by Gasteiger charge is -2.16. The number of benzene rings is 4. The van der Waals surface area contributed by atoms with E-state index >= 15 is 0 Å². The highest BCUT2D eigenvalue weighted by atomic mass is 32.2. The van der Waals surface area contributed by atoms with Crippen molar-refractivity contribution < 1.29 is 81.9 Å². The van der Waals surface area contributed by atoms with E-state index in [1.165, 1.54) is 38.1 Å². The predicted octanol–water partition coefficient (Wildman–Crippen LogP) is 4.56. The van der Waals surface area contributed by atoms with Crippen LogP contribution in [0.5, 0.6) is 0 Å². The number of nitrogen functional groups attached to an aromatic ring is 1. The van der Waals surface area contributed by atoms with Crippen LogP contribution >= 0.6 is 0 Å². The molecule has 31 heteroatoms. The van der Waals surface area contributed by atoms with Gasteiger partial charge >= 0.3 is 24.3 Å². The Balaban J connectivity index is 0.000000253. The number of nitrogens with two attached hydrogens (primary N) is 3. The first-order valence-corrected chi connectivity index (χ1v) is 24.8.